The van der Waals surface area contributed by atoms with E-state index in [2.05, 4.69) is 22.1 Å². The van der Waals surface area contributed by atoms with Gasteiger partial charge in [0.25, 0.3) is 11.8 Å². The van der Waals surface area contributed by atoms with Crippen LogP contribution in [0, 0.1) is 0 Å². The molecule has 2 fully saturated rings. The Morgan fingerprint density at radius 1 is 0.708 bits per heavy atom. The molecule has 3 aromatic rings. The van der Waals surface area contributed by atoms with Gasteiger partial charge in [0.05, 0.1) is 60.2 Å². The number of aromatic nitrogens is 1. The summed E-state index contributed by atoms with van der Waals surface area (Å²) in [7, 11) is 3.10. The maximum Gasteiger partial charge on any atom is 0.257 e. The lowest BCUT2D eigenvalue weighted by Gasteiger charge is -2.20. The predicted octanol–water partition coefficient (Wildman–Crippen LogP) is 6.01. The first-order valence-corrected chi connectivity index (χ1v) is 16.0. The van der Waals surface area contributed by atoms with Gasteiger partial charge in [0.1, 0.15) is 13.2 Å². The van der Waals surface area contributed by atoms with Crippen molar-refractivity contribution in [3.05, 3.63) is 88.3 Å². The Kier molecular flexibility index (Phi) is 8.43. The SMILES string of the molecule is C/C=C1\C[C@H]2C=Nc3cc(OCc4cccc(COc5cc6c(cc5OC)C(=O)N5C/C(=C/C)C[C@H]5C=N6)n4)c(OC)cc3C(=O)N2C1. The summed E-state index contributed by atoms with van der Waals surface area (Å²) in [6.45, 7) is 5.51. The number of methoxy groups -OCH3 is 2. The van der Waals surface area contributed by atoms with Gasteiger partial charge in [-0.2, -0.15) is 0 Å². The van der Waals surface area contributed by atoms with Gasteiger partial charge in [0, 0.05) is 37.7 Å². The monoisotopic (exact) mass is 647 g/mol. The lowest BCUT2D eigenvalue weighted by molar-refractivity contribution is 0.0769. The fourth-order valence-corrected chi connectivity index (χ4v) is 6.52. The zero-order valence-corrected chi connectivity index (χ0v) is 27.4. The number of benzene rings is 2. The van der Waals surface area contributed by atoms with Gasteiger partial charge in [-0.25, -0.2) is 0 Å². The predicted molar refractivity (Wildman–Crippen MR) is 182 cm³/mol. The first-order chi connectivity index (χ1) is 23.4. The number of hydrogen-bond donors (Lipinski definition) is 0. The van der Waals surface area contributed by atoms with Gasteiger partial charge in [-0.15, -0.1) is 0 Å². The van der Waals surface area contributed by atoms with Crippen LogP contribution in [0.25, 0.3) is 0 Å². The third-order valence-corrected chi connectivity index (χ3v) is 9.24. The van der Waals surface area contributed by atoms with Gasteiger partial charge in [-0.1, -0.05) is 29.4 Å². The molecule has 0 N–H and O–H groups in total. The van der Waals surface area contributed by atoms with Crippen LogP contribution in [-0.2, 0) is 13.2 Å². The van der Waals surface area contributed by atoms with E-state index < -0.39 is 0 Å². The summed E-state index contributed by atoms with van der Waals surface area (Å²) >= 11 is 0. The van der Waals surface area contributed by atoms with Gasteiger partial charge >= 0.3 is 0 Å². The minimum atomic E-state index is -0.0728. The number of pyridine rings is 1. The second-order valence-electron chi connectivity index (χ2n) is 12.1. The fraction of sp³-hybridized carbons (Fsp3) is 0.324. The molecule has 4 aliphatic rings. The molecular weight excluding hydrogens is 610 g/mol. The summed E-state index contributed by atoms with van der Waals surface area (Å²) < 4.78 is 23.5. The molecule has 7 rings (SSSR count). The number of nitrogens with zero attached hydrogens (tertiary/aromatic N) is 5. The maximum absolute atomic E-state index is 13.4. The van der Waals surface area contributed by atoms with Crippen molar-refractivity contribution in [3.8, 4) is 23.0 Å². The normalized spacial score (nSPS) is 21.1. The highest BCUT2D eigenvalue weighted by atomic mass is 16.5. The Bertz CT molecular complexity index is 1780. The van der Waals surface area contributed by atoms with Crippen LogP contribution in [-0.4, -0.2) is 78.4 Å². The number of hydrogen-bond acceptors (Lipinski definition) is 9. The van der Waals surface area contributed by atoms with Crippen molar-refractivity contribution in [2.45, 2.75) is 52.0 Å². The highest BCUT2D eigenvalue weighted by Gasteiger charge is 2.36. The lowest BCUT2D eigenvalue weighted by atomic mass is 10.1. The number of carbonyl (C=O) groups excluding carboxylic acids is 2. The molecule has 0 spiro atoms. The highest BCUT2D eigenvalue weighted by Crippen LogP contribution is 2.40. The van der Waals surface area contributed by atoms with Gasteiger partial charge < -0.3 is 28.7 Å². The van der Waals surface area contributed by atoms with Gasteiger partial charge in [-0.05, 0) is 51.0 Å². The standard InChI is InChI=1S/C37H37N5O6/c1-5-22-10-26-16-38-30-14-34(32(45-3)12-28(30)36(43)41(26)18-22)47-20-24-8-7-9-25(40-24)21-48-35-15-31-29(13-33(35)46-4)37(44)42-19-23(6-2)11-27(42)17-39-31/h5-9,12-17,26-27H,10-11,18-21H2,1-4H3/b22-5+,23-6+/t26-,27-/m0/s1. The quantitative estimate of drug-likeness (QED) is 0.275. The average molecular weight is 648 g/mol. The van der Waals surface area contributed by atoms with Crippen molar-refractivity contribution in [3.63, 3.8) is 0 Å². The molecule has 1 aromatic heterocycles. The van der Waals surface area contributed by atoms with Crippen LogP contribution in [0.2, 0.25) is 0 Å². The van der Waals surface area contributed by atoms with Gasteiger partial charge in [0.2, 0.25) is 0 Å². The first-order valence-electron chi connectivity index (χ1n) is 16.0. The third-order valence-electron chi connectivity index (χ3n) is 9.24. The Labute approximate surface area is 279 Å². The summed E-state index contributed by atoms with van der Waals surface area (Å²) in [6.07, 6.45) is 9.39. The molecule has 2 saturated heterocycles. The molecule has 11 nitrogen and oxygen atoms in total. The molecule has 0 aliphatic carbocycles. The number of carbonyl (C=O) groups is 2. The van der Waals surface area contributed by atoms with Crippen LogP contribution in [0.15, 0.2) is 75.7 Å². The van der Waals surface area contributed by atoms with Crippen LogP contribution in [0.3, 0.4) is 0 Å². The Morgan fingerprint density at radius 3 is 1.58 bits per heavy atom. The zero-order chi connectivity index (χ0) is 33.4. The largest absolute Gasteiger partial charge is 0.493 e. The third kappa shape index (κ3) is 5.80. The number of allylic oxidation sites excluding steroid dienone is 2. The maximum atomic E-state index is 13.4. The Balaban J connectivity index is 1.05. The molecule has 2 aromatic carbocycles. The molecule has 2 amide bonds. The van der Waals surface area contributed by atoms with Crippen LogP contribution in [0.1, 0.15) is 58.8 Å². The molecule has 246 valence electrons. The summed E-state index contributed by atoms with van der Waals surface area (Å²) in [4.78, 5) is 44.5. The Hall–Kier alpha value is -5.45. The lowest BCUT2D eigenvalue weighted by Crippen LogP contribution is -2.35. The minimum absolute atomic E-state index is 0.0638. The Morgan fingerprint density at radius 2 is 1.17 bits per heavy atom. The van der Waals surface area contributed by atoms with Crippen LogP contribution < -0.4 is 18.9 Å². The molecule has 0 saturated carbocycles. The number of amides is 2. The van der Waals surface area contributed by atoms with Crippen molar-refractivity contribution in [1.82, 2.24) is 14.8 Å². The summed E-state index contributed by atoms with van der Waals surface area (Å²) in [5.74, 6) is 1.67. The molecule has 0 unspecified atom stereocenters. The number of rotatable bonds is 8. The first kappa shape index (κ1) is 31.2. The van der Waals surface area contributed by atoms with Crippen molar-refractivity contribution in [2.24, 2.45) is 9.98 Å². The van der Waals surface area contributed by atoms with Crippen molar-refractivity contribution in [1.29, 1.82) is 0 Å². The van der Waals surface area contributed by atoms with E-state index in [-0.39, 0.29) is 37.1 Å². The molecule has 0 radical (unpaired) electrons. The van der Waals surface area contributed by atoms with E-state index in [1.807, 2.05) is 54.3 Å². The van der Waals surface area contributed by atoms with Crippen molar-refractivity contribution >= 4 is 35.6 Å². The highest BCUT2D eigenvalue weighted by molar-refractivity contribution is 6.04. The molecule has 0 bridgehead atoms. The summed E-state index contributed by atoms with van der Waals surface area (Å²) in [6, 6.07) is 12.4. The van der Waals surface area contributed by atoms with Gasteiger partial charge in [0.15, 0.2) is 23.0 Å². The summed E-state index contributed by atoms with van der Waals surface area (Å²) in [5, 5.41) is 0. The van der Waals surface area contributed by atoms with Crippen LogP contribution in [0.4, 0.5) is 11.4 Å². The molecule has 11 heteroatoms. The van der Waals surface area contributed by atoms with E-state index in [0.717, 1.165) is 12.8 Å². The van der Waals surface area contributed by atoms with E-state index in [0.29, 0.717) is 70.0 Å². The fourth-order valence-electron chi connectivity index (χ4n) is 6.52. The number of fused-ring (bicyclic) bond motifs is 4. The smallest absolute Gasteiger partial charge is 0.257 e. The number of aliphatic imine (C=N–C) groups is 2. The van der Waals surface area contributed by atoms with Crippen molar-refractivity contribution in [2.75, 3.05) is 27.3 Å². The number of ether oxygens (including phenoxy) is 4. The van der Waals surface area contributed by atoms with E-state index in [1.54, 1.807) is 38.5 Å². The molecule has 48 heavy (non-hydrogen) atoms. The molecule has 5 heterocycles. The average Bonchev–Trinajstić information content (AvgIpc) is 3.68. The van der Waals surface area contributed by atoms with E-state index >= 15 is 0 Å². The molecule has 2 atom stereocenters. The topological polar surface area (TPSA) is 115 Å². The van der Waals surface area contributed by atoms with Gasteiger partial charge in [-0.3, -0.25) is 24.6 Å². The molecule has 4 aliphatic heterocycles. The second-order valence-corrected chi connectivity index (χ2v) is 12.1. The molecular formula is C37H37N5O6. The van der Waals surface area contributed by atoms with E-state index in [9.17, 15) is 9.59 Å². The second kappa shape index (κ2) is 13.0. The van der Waals surface area contributed by atoms with Crippen molar-refractivity contribution < 1.29 is 28.5 Å². The van der Waals surface area contributed by atoms with Crippen LogP contribution >= 0.6 is 0 Å². The minimum Gasteiger partial charge on any atom is -0.493 e. The van der Waals surface area contributed by atoms with Crippen LogP contribution in [0.5, 0.6) is 23.0 Å². The summed E-state index contributed by atoms with van der Waals surface area (Å²) in [5.41, 5.74) is 5.87. The zero-order valence-electron chi connectivity index (χ0n) is 27.4. The van der Waals surface area contributed by atoms with E-state index in [4.69, 9.17) is 23.9 Å². The van der Waals surface area contributed by atoms with E-state index in [1.165, 1.54) is 11.1 Å².